The SMILES string of the molecule is CCOC(=O)CCN(Cc1ccco1)C(=O)c1ccc(Br)cc1. The van der Waals surface area contributed by atoms with Gasteiger partial charge in [-0.15, -0.1) is 0 Å². The lowest BCUT2D eigenvalue weighted by Gasteiger charge is -2.21. The Morgan fingerprint density at radius 3 is 2.57 bits per heavy atom. The van der Waals surface area contributed by atoms with E-state index in [4.69, 9.17) is 9.15 Å². The molecule has 0 radical (unpaired) electrons. The molecule has 1 heterocycles. The van der Waals surface area contributed by atoms with Gasteiger partial charge in [0.15, 0.2) is 0 Å². The minimum absolute atomic E-state index is 0.150. The van der Waals surface area contributed by atoms with Crippen molar-refractivity contribution >= 4 is 27.8 Å². The maximum Gasteiger partial charge on any atom is 0.307 e. The van der Waals surface area contributed by atoms with E-state index in [1.807, 2.05) is 12.1 Å². The average molecular weight is 380 g/mol. The zero-order valence-electron chi connectivity index (χ0n) is 12.8. The molecule has 0 bridgehead atoms. The number of benzene rings is 1. The molecule has 1 aromatic carbocycles. The Bertz CT molecular complexity index is 637. The zero-order chi connectivity index (χ0) is 16.7. The number of carbonyl (C=O) groups is 2. The third-order valence-electron chi connectivity index (χ3n) is 3.20. The third kappa shape index (κ3) is 5.25. The van der Waals surface area contributed by atoms with Gasteiger partial charge >= 0.3 is 5.97 Å². The summed E-state index contributed by atoms with van der Waals surface area (Å²) in [4.78, 5) is 25.8. The number of amides is 1. The van der Waals surface area contributed by atoms with Gasteiger partial charge in [-0.05, 0) is 43.3 Å². The molecule has 122 valence electrons. The van der Waals surface area contributed by atoms with E-state index in [1.54, 1.807) is 42.4 Å². The van der Waals surface area contributed by atoms with Crippen molar-refractivity contribution in [3.05, 3.63) is 58.5 Å². The first kappa shape index (κ1) is 17.3. The Hall–Kier alpha value is -2.08. The summed E-state index contributed by atoms with van der Waals surface area (Å²) in [5, 5.41) is 0. The number of esters is 1. The molecule has 0 fully saturated rings. The highest BCUT2D eigenvalue weighted by molar-refractivity contribution is 9.10. The van der Waals surface area contributed by atoms with Crippen LogP contribution in [-0.2, 0) is 16.1 Å². The van der Waals surface area contributed by atoms with E-state index >= 15 is 0 Å². The van der Waals surface area contributed by atoms with E-state index < -0.39 is 0 Å². The van der Waals surface area contributed by atoms with Crippen LogP contribution in [0.2, 0.25) is 0 Å². The van der Waals surface area contributed by atoms with Crippen molar-refractivity contribution in [2.24, 2.45) is 0 Å². The molecule has 1 amide bonds. The van der Waals surface area contributed by atoms with E-state index in [-0.39, 0.29) is 24.8 Å². The largest absolute Gasteiger partial charge is 0.467 e. The quantitative estimate of drug-likeness (QED) is 0.689. The van der Waals surface area contributed by atoms with Crippen molar-refractivity contribution in [3.8, 4) is 0 Å². The number of halogens is 1. The van der Waals surface area contributed by atoms with E-state index in [0.29, 0.717) is 24.5 Å². The van der Waals surface area contributed by atoms with Crippen LogP contribution in [0.5, 0.6) is 0 Å². The summed E-state index contributed by atoms with van der Waals surface area (Å²) in [6.45, 7) is 2.67. The van der Waals surface area contributed by atoms with E-state index in [2.05, 4.69) is 15.9 Å². The number of hydrogen-bond donors (Lipinski definition) is 0. The van der Waals surface area contributed by atoms with Gasteiger partial charge in [0.2, 0.25) is 0 Å². The fourth-order valence-corrected chi connectivity index (χ4v) is 2.34. The smallest absolute Gasteiger partial charge is 0.307 e. The topological polar surface area (TPSA) is 59.8 Å². The zero-order valence-corrected chi connectivity index (χ0v) is 14.4. The van der Waals surface area contributed by atoms with E-state index in [1.165, 1.54) is 0 Å². The van der Waals surface area contributed by atoms with Gasteiger partial charge in [-0.1, -0.05) is 15.9 Å². The normalized spacial score (nSPS) is 10.3. The molecule has 0 saturated carbocycles. The van der Waals surface area contributed by atoms with Crippen molar-refractivity contribution < 1.29 is 18.7 Å². The van der Waals surface area contributed by atoms with Crippen molar-refractivity contribution in [1.29, 1.82) is 0 Å². The Kier molecular flexibility index (Phi) is 6.40. The van der Waals surface area contributed by atoms with Crippen LogP contribution in [0.15, 0.2) is 51.6 Å². The average Bonchev–Trinajstić information content (AvgIpc) is 3.05. The second-order valence-corrected chi connectivity index (χ2v) is 5.78. The number of furan rings is 1. The summed E-state index contributed by atoms with van der Waals surface area (Å²) in [5.74, 6) is 0.193. The van der Waals surface area contributed by atoms with Gasteiger partial charge in [0.1, 0.15) is 5.76 Å². The number of ether oxygens (including phenoxy) is 1. The summed E-state index contributed by atoms with van der Waals surface area (Å²) < 4.78 is 11.1. The fraction of sp³-hybridized carbons (Fsp3) is 0.294. The monoisotopic (exact) mass is 379 g/mol. The van der Waals surface area contributed by atoms with Crippen molar-refractivity contribution in [2.45, 2.75) is 19.9 Å². The Morgan fingerprint density at radius 1 is 1.22 bits per heavy atom. The predicted molar refractivity (Wildman–Crippen MR) is 88.8 cm³/mol. The predicted octanol–water partition coefficient (Wildman–Crippen LogP) is 3.64. The summed E-state index contributed by atoms with van der Waals surface area (Å²) in [7, 11) is 0. The highest BCUT2D eigenvalue weighted by Crippen LogP contribution is 2.15. The van der Waals surface area contributed by atoms with Crippen molar-refractivity contribution in [3.63, 3.8) is 0 Å². The molecule has 0 saturated heterocycles. The first-order chi connectivity index (χ1) is 11.1. The van der Waals surface area contributed by atoms with Gasteiger partial charge in [-0.3, -0.25) is 9.59 Å². The summed E-state index contributed by atoms with van der Waals surface area (Å²) >= 11 is 3.35. The summed E-state index contributed by atoms with van der Waals surface area (Å²) in [6.07, 6.45) is 1.71. The first-order valence-electron chi connectivity index (χ1n) is 7.33. The highest BCUT2D eigenvalue weighted by Gasteiger charge is 2.18. The maximum atomic E-state index is 12.7. The minimum atomic E-state index is -0.319. The van der Waals surface area contributed by atoms with Crippen LogP contribution in [0.1, 0.15) is 29.5 Å². The molecule has 0 spiro atoms. The molecule has 0 N–H and O–H groups in total. The van der Waals surface area contributed by atoms with Crippen LogP contribution < -0.4 is 0 Å². The Labute approximate surface area is 143 Å². The lowest BCUT2D eigenvalue weighted by atomic mass is 10.2. The van der Waals surface area contributed by atoms with Crippen molar-refractivity contribution in [2.75, 3.05) is 13.2 Å². The van der Waals surface area contributed by atoms with Gasteiger partial charge in [0, 0.05) is 16.6 Å². The number of carbonyl (C=O) groups excluding carboxylic acids is 2. The number of rotatable bonds is 7. The third-order valence-corrected chi connectivity index (χ3v) is 3.73. The highest BCUT2D eigenvalue weighted by atomic mass is 79.9. The standard InChI is InChI=1S/C17H18BrNO4/c1-2-22-16(20)9-10-19(12-15-4-3-11-23-15)17(21)13-5-7-14(18)8-6-13/h3-8,11H,2,9-10,12H2,1H3. The molecule has 2 rings (SSSR count). The molecule has 2 aromatic rings. The molecular formula is C17H18BrNO4. The first-order valence-corrected chi connectivity index (χ1v) is 8.12. The molecule has 0 atom stereocenters. The molecule has 5 nitrogen and oxygen atoms in total. The van der Waals surface area contributed by atoms with Gasteiger partial charge in [-0.2, -0.15) is 0 Å². The fourth-order valence-electron chi connectivity index (χ4n) is 2.08. The molecule has 0 unspecified atom stereocenters. The maximum absolute atomic E-state index is 12.7. The lowest BCUT2D eigenvalue weighted by Crippen LogP contribution is -2.32. The lowest BCUT2D eigenvalue weighted by molar-refractivity contribution is -0.143. The number of hydrogen-bond acceptors (Lipinski definition) is 4. The van der Waals surface area contributed by atoms with Crippen molar-refractivity contribution in [1.82, 2.24) is 4.90 Å². The minimum Gasteiger partial charge on any atom is -0.467 e. The van der Waals surface area contributed by atoms with Crippen LogP contribution in [0.3, 0.4) is 0 Å². The van der Waals surface area contributed by atoms with Crippen LogP contribution in [-0.4, -0.2) is 29.9 Å². The van der Waals surface area contributed by atoms with Gasteiger partial charge < -0.3 is 14.1 Å². The van der Waals surface area contributed by atoms with Crippen LogP contribution in [0.4, 0.5) is 0 Å². The molecule has 1 aromatic heterocycles. The van der Waals surface area contributed by atoms with Gasteiger partial charge in [-0.25, -0.2) is 0 Å². The molecule has 6 heteroatoms. The molecule has 0 aliphatic carbocycles. The van der Waals surface area contributed by atoms with E-state index in [9.17, 15) is 9.59 Å². The Balaban J connectivity index is 2.09. The van der Waals surface area contributed by atoms with Crippen LogP contribution in [0, 0.1) is 0 Å². The molecule has 0 aliphatic heterocycles. The van der Waals surface area contributed by atoms with Crippen LogP contribution >= 0.6 is 15.9 Å². The second kappa shape index (κ2) is 8.53. The molecule has 0 aliphatic rings. The van der Waals surface area contributed by atoms with E-state index in [0.717, 1.165) is 4.47 Å². The van der Waals surface area contributed by atoms with Crippen LogP contribution in [0.25, 0.3) is 0 Å². The molecule has 23 heavy (non-hydrogen) atoms. The summed E-state index contributed by atoms with van der Waals surface area (Å²) in [5.41, 5.74) is 0.559. The van der Waals surface area contributed by atoms with Gasteiger partial charge in [0.05, 0.1) is 25.8 Å². The Morgan fingerprint density at radius 2 is 1.96 bits per heavy atom. The van der Waals surface area contributed by atoms with Gasteiger partial charge in [0.25, 0.3) is 5.91 Å². The summed E-state index contributed by atoms with van der Waals surface area (Å²) in [6, 6.07) is 10.7. The molecular weight excluding hydrogens is 362 g/mol. The second-order valence-electron chi connectivity index (χ2n) is 4.87. The number of nitrogens with zero attached hydrogens (tertiary/aromatic N) is 1.